The molecule has 1 fully saturated rings. The van der Waals surface area contributed by atoms with E-state index in [0.29, 0.717) is 24.0 Å². The highest BCUT2D eigenvalue weighted by Gasteiger charge is 2.37. The zero-order valence-electron chi connectivity index (χ0n) is 16.4. The second-order valence-corrected chi connectivity index (χ2v) is 7.81. The van der Waals surface area contributed by atoms with Gasteiger partial charge in [0.1, 0.15) is 23.9 Å². The first-order valence-corrected chi connectivity index (χ1v) is 10.2. The molecule has 0 amide bonds. The Morgan fingerprint density at radius 3 is 2.83 bits per heavy atom. The van der Waals surface area contributed by atoms with Crippen LogP contribution in [0, 0.1) is 11.7 Å². The number of aryl methyl sites for hydroxylation is 1. The molecule has 2 aliphatic rings. The van der Waals surface area contributed by atoms with Gasteiger partial charge in [0.15, 0.2) is 0 Å². The molecule has 0 radical (unpaired) electrons. The topological polar surface area (TPSA) is 59.7 Å². The summed E-state index contributed by atoms with van der Waals surface area (Å²) >= 11 is 0. The van der Waals surface area contributed by atoms with Crippen molar-refractivity contribution in [2.75, 3.05) is 0 Å². The van der Waals surface area contributed by atoms with Crippen LogP contribution in [0.2, 0.25) is 0 Å². The van der Waals surface area contributed by atoms with E-state index in [0.717, 1.165) is 24.8 Å². The first kappa shape index (κ1) is 19.5. The standard InChI is InChI=1S/C24H25FO4/c1-2-20-12-15(10-11-28-20)6-7-18-14-29-24(27)22(23(18)26)21(16-8-9-16)17-4-3-5-19(25)13-17/h3-5,10-14,16,20-21,26H,2,6-9H2,1H3/t20-,21-/m0/s1. The Kier molecular flexibility index (Phi) is 5.56. The van der Waals surface area contributed by atoms with Crippen molar-refractivity contribution in [2.45, 2.75) is 51.0 Å². The highest BCUT2D eigenvalue weighted by Crippen LogP contribution is 2.48. The quantitative estimate of drug-likeness (QED) is 0.698. The van der Waals surface area contributed by atoms with Crippen molar-refractivity contribution in [1.29, 1.82) is 0 Å². The maximum absolute atomic E-state index is 13.8. The number of hydrogen-bond donors (Lipinski definition) is 1. The third-order valence-electron chi connectivity index (χ3n) is 5.72. The predicted octanol–water partition coefficient (Wildman–Crippen LogP) is 5.21. The SMILES string of the molecule is CC[C@H]1C=C(CCc2coc(=O)c([C@H](c3cccc(F)c3)C3CC3)c2O)C=CO1. The van der Waals surface area contributed by atoms with E-state index in [1.807, 2.05) is 6.08 Å². The van der Waals surface area contributed by atoms with Gasteiger partial charge in [-0.05, 0) is 73.4 Å². The highest BCUT2D eigenvalue weighted by molar-refractivity contribution is 5.45. The van der Waals surface area contributed by atoms with Crippen molar-refractivity contribution < 1.29 is 18.7 Å². The largest absolute Gasteiger partial charge is 0.507 e. The second kappa shape index (κ2) is 8.27. The van der Waals surface area contributed by atoms with Crippen LogP contribution < -0.4 is 5.63 Å². The average Bonchev–Trinajstić information content (AvgIpc) is 3.55. The van der Waals surface area contributed by atoms with Gasteiger partial charge in [0.2, 0.25) is 0 Å². The molecule has 1 aromatic heterocycles. The van der Waals surface area contributed by atoms with Gasteiger partial charge in [-0.2, -0.15) is 0 Å². The van der Waals surface area contributed by atoms with E-state index < -0.39 is 5.63 Å². The fourth-order valence-electron chi connectivity index (χ4n) is 3.99. The number of benzene rings is 1. The Balaban J connectivity index is 1.63. The van der Waals surface area contributed by atoms with Gasteiger partial charge in [-0.1, -0.05) is 19.1 Å². The van der Waals surface area contributed by atoms with Gasteiger partial charge in [0.25, 0.3) is 0 Å². The summed E-state index contributed by atoms with van der Waals surface area (Å²) in [7, 11) is 0. The molecule has 0 saturated heterocycles. The molecule has 2 heterocycles. The average molecular weight is 396 g/mol. The maximum atomic E-state index is 13.8. The summed E-state index contributed by atoms with van der Waals surface area (Å²) in [5, 5.41) is 11.0. The van der Waals surface area contributed by atoms with Gasteiger partial charge in [0, 0.05) is 11.5 Å². The minimum Gasteiger partial charge on any atom is -0.507 e. The Morgan fingerprint density at radius 1 is 1.28 bits per heavy atom. The molecule has 0 unspecified atom stereocenters. The van der Waals surface area contributed by atoms with Crippen molar-refractivity contribution in [3.05, 3.63) is 87.4 Å². The summed E-state index contributed by atoms with van der Waals surface area (Å²) in [6.07, 6.45) is 11.1. The lowest BCUT2D eigenvalue weighted by molar-refractivity contribution is 0.177. The molecule has 1 aliphatic heterocycles. The van der Waals surface area contributed by atoms with Crippen molar-refractivity contribution >= 4 is 0 Å². The molecular weight excluding hydrogens is 371 g/mol. The molecule has 1 aromatic carbocycles. The molecular formula is C24H25FO4. The number of aromatic hydroxyl groups is 1. The number of hydrogen-bond acceptors (Lipinski definition) is 4. The maximum Gasteiger partial charge on any atom is 0.343 e. The van der Waals surface area contributed by atoms with Crippen LogP contribution in [-0.2, 0) is 11.2 Å². The minimum absolute atomic E-state index is 0.0221. The fraction of sp³-hybridized carbons (Fsp3) is 0.375. The van der Waals surface area contributed by atoms with Gasteiger partial charge in [-0.3, -0.25) is 0 Å². The van der Waals surface area contributed by atoms with E-state index in [4.69, 9.17) is 9.15 Å². The second-order valence-electron chi connectivity index (χ2n) is 7.81. The Bertz CT molecular complexity index is 1000. The van der Waals surface area contributed by atoms with Crippen LogP contribution in [0.25, 0.3) is 0 Å². The Labute approximate surface area is 169 Å². The van der Waals surface area contributed by atoms with Crippen LogP contribution >= 0.6 is 0 Å². The fourth-order valence-corrected chi connectivity index (χ4v) is 3.99. The lowest BCUT2D eigenvalue weighted by Crippen LogP contribution is -2.17. The molecule has 0 spiro atoms. The van der Waals surface area contributed by atoms with E-state index in [-0.39, 0.29) is 35.1 Å². The van der Waals surface area contributed by atoms with Crippen molar-refractivity contribution in [2.24, 2.45) is 5.92 Å². The highest BCUT2D eigenvalue weighted by atomic mass is 19.1. The van der Waals surface area contributed by atoms with Crippen molar-refractivity contribution in [3.8, 4) is 5.75 Å². The normalized spacial score (nSPS) is 19.5. The molecule has 152 valence electrons. The van der Waals surface area contributed by atoms with E-state index in [9.17, 15) is 14.3 Å². The van der Waals surface area contributed by atoms with Crippen LogP contribution in [0.5, 0.6) is 5.75 Å². The molecule has 5 heteroatoms. The molecule has 0 bridgehead atoms. The van der Waals surface area contributed by atoms with Gasteiger partial charge >= 0.3 is 5.63 Å². The number of ether oxygens (including phenoxy) is 1. The zero-order valence-corrected chi connectivity index (χ0v) is 16.4. The Hall–Kier alpha value is -2.82. The van der Waals surface area contributed by atoms with Crippen LogP contribution in [0.4, 0.5) is 4.39 Å². The number of allylic oxidation sites excluding steroid dienone is 2. The monoisotopic (exact) mass is 396 g/mol. The lowest BCUT2D eigenvalue weighted by Gasteiger charge is -2.19. The third-order valence-corrected chi connectivity index (χ3v) is 5.72. The summed E-state index contributed by atoms with van der Waals surface area (Å²) in [6, 6.07) is 6.26. The van der Waals surface area contributed by atoms with Crippen LogP contribution in [0.1, 0.15) is 55.2 Å². The minimum atomic E-state index is -0.552. The van der Waals surface area contributed by atoms with Crippen molar-refractivity contribution in [3.63, 3.8) is 0 Å². The van der Waals surface area contributed by atoms with E-state index >= 15 is 0 Å². The van der Waals surface area contributed by atoms with Gasteiger partial charge < -0.3 is 14.3 Å². The first-order valence-electron chi connectivity index (χ1n) is 10.2. The van der Waals surface area contributed by atoms with E-state index in [1.54, 1.807) is 18.4 Å². The number of rotatable bonds is 7. The summed E-state index contributed by atoms with van der Waals surface area (Å²) in [5.74, 6) is -0.510. The molecule has 2 aromatic rings. The smallest absolute Gasteiger partial charge is 0.343 e. The molecule has 4 rings (SSSR count). The van der Waals surface area contributed by atoms with Crippen LogP contribution in [0.15, 0.2) is 63.7 Å². The zero-order chi connectivity index (χ0) is 20.4. The molecule has 29 heavy (non-hydrogen) atoms. The summed E-state index contributed by atoms with van der Waals surface area (Å²) in [4.78, 5) is 12.6. The predicted molar refractivity (Wildman–Crippen MR) is 108 cm³/mol. The summed E-state index contributed by atoms with van der Waals surface area (Å²) < 4.78 is 24.6. The summed E-state index contributed by atoms with van der Waals surface area (Å²) in [6.45, 7) is 2.06. The first-order chi connectivity index (χ1) is 14.1. The van der Waals surface area contributed by atoms with Gasteiger partial charge in [-0.15, -0.1) is 0 Å². The summed E-state index contributed by atoms with van der Waals surface area (Å²) in [5.41, 5.74) is 2.12. The Morgan fingerprint density at radius 2 is 2.10 bits per heavy atom. The van der Waals surface area contributed by atoms with E-state index in [2.05, 4.69) is 13.0 Å². The molecule has 2 atom stereocenters. The van der Waals surface area contributed by atoms with Crippen molar-refractivity contribution in [1.82, 2.24) is 0 Å². The third kappa shape index (κ3) is 4.29. The van der Waals surface area contributed by atoms with Crippen LogP contribution in [0.3, 0.4) is 0 Å². The lowest BCUT2D eigenvalue weighted by atomic mass is 9.86. The molecule has 1 aliphatic carbocycles. The number of halogens is 1. The van der Waals surface area contributed by atoms with Crippen LogP contribution in [-0.4, -0.2) is 11.2 Å². The van der Waals surface area contributed by atoms with E-state index in [1.165, 1.54) is 18.4 Å². The molecule has 1 saturated carbocycles. The molecule has 4 nitrogen and oxygen atoms in total. The molecule has 1 N–H and O–H groups in total. The van der Waals surface area contributed by atoms with Gasteiger partial charge in [-0.25, -0.2) is 9.18 Å². The van der Waals surface area contributed by atoms with Gasteiger partial charge in [0.05, 0.1) is 11.8 Å².